The summed E-state index contributed by atoms with van der Waals surface area (Å²) in [5.74, 6) is 0.704. The van der Waals surface area contributed by atoms with Crippen LogP contribution in [-0.4, -0.2) is 11.7 Å². The van der Waals surface area contributed by atoms with Crippen LogP contribution in [0.25, 0.3) is 0 Å². The molecule has 2 rings (SSSR count). The third kappa shape index (κ3) is 2.80. The van der Waals surface area contributed by atoms with E-state index < -0.39 is 0 Å². The van der Waals surface area contributed by atoms with Gasteiger partial charge in [-0.15, -0.1) is 11.8 Å². The zero-order valence-electron chi connectivity index (χ0n) is 10.00. The van der Waals surface area contributed by atoms with Gasteiger partial charge >= 0.3 is 0 Å². The summed E-state index contributed by atoms with van der Waals surface area (Å²) in [5, 5.41) is 2.98. The maximum atomic E-state index is 13.2. The van der Waals surface area contributed by atoms with E-state index in [-0.39, 0.29) is 23.7 Å². The minimum atomic E-state index is -0.241. The molecule has 0 radical (unpaired) electrons. The van der Waals surface area contributed by atoms with Crippen molar-refractivity contribution in [3.63, 3.8) is 0 Å². The molecule has 1 N–H and O–H groups in total. The average Bonchev–Trinajstić information content (AvgIpc) is 2.29. The predicted molar refractivity (Wildman–Crippen MR) is 67.5 cm³/mol. The molecule has 17 heavy (non-hydrogen) atoms. The van der Waals surface area contributed by atoms with E-state index in [1.165, 1.54) is 12.1 Å². The van der Waals surface area contributed by atoms with E-state index in [9.17, 15) is 9.18 Å². The summed E-state index contributed by atoms with van der Waals surface area (Å²) in [5.41, 5.74) is 0.912. The molecule has 0 aromatic heterocycles. The molecule has 4 heteroatoms. The molecule has 1 amide bonds. The molecule has 0 fully saturated rings. The van der Waals surface area contributed by atoms with Gasteiger partial charge in [-0.3, -0.25) is 4.79 Å². The maximum absolute atomic E-state index is 13.2. The third-order valence-corrected chi connectivity index (χ3v) is 3.97. The van der Waals surface area contributed by atoms with E-state index in [2.05, 4.69) is 5.32 Å². The lowest BCUT2D eigenvalue weighted by Gasteiger charge is -2.26. The van der Waals surface area contributed by atoms with Crippen LogP contribution in [-0.2, 0) is 4.79 Å². The van der Waals surface area contributed by atoms with Gasteiger partial charge in [-0.2, -0.15) is 0 Å². The van der Waals surface area contributed by atoms with Gasteiger partial charge in [-0.25, -0.2) is 4.39 Å². The Labute approximate surface area is 105 Å². The summed E-state index contributed by atoms with van der Waals surface area (Å²) < 4.78 is 13.2. The van der Waals surface area contributed by atoms with E-state index in [1.54, 1.807) is 17.8 Å². The highest BCUT2D eigenvalue weighted by molar-refractivity contribution is 7.99. The maximum Gasteiger partial charge on any atom is 0.223 e. The highest BCUT2D eigenvalue weighted by Crippen LogP contribution is 2.36. The first-order chi connectivity index (χ1) is 8.08. The van der Waals surface area contributed by atoms with Gasteiger partial charge in [0.15, 0.2) is 0 Å². The Balaban J connectivity index is 2.22. The number of carbonyl (C=O) groups is 1. The van der Waals surface area contributed by atoms with Gasteiger partial charge in [0, 0.05) is 16.6 Å². The SMILES string of the molecule is CC(C)C(=O)NC1CCSc2ccc(F)cc21. The number of halogens is 1. The molecular weight excluding hydrogens is 237 g/mol. The lowest BCUT2D eigenvalue weighted by Crippen LogP contribution is -2.33. The van der Waals surface area contributed by atoms with Crippen molar-refractivity contribution in [3.8, 4) is 0 Å². The van der Waals surface area contributed by atoms with Crippen LogP contribution in [0.1, 0.15) is 31.9 Å². The predicted octanol–water partition coefficient (Wildman–Crippen LogP) is 3.13. The van der Waals surface area contributed by atoms with Crippen molar-refractivity contribution in [2.75, 3.05) is 5.75 Å². The van der Waals surface area contributed by atoms with Gasteiger partial charge in [-0.1, -0.05) is 13.8 Å². The number of hydrogen-bond acceptors (Lipinski definition) is 2. The highest BCUT2D eigenvalue weighted by Gasteiger charge is 2.23. The van der Waals surface area contributed by atoms with Crippen molar-refractivity contribution in [3.05, 3.63) is 29.6 Å². The van der Waals surface area contributed by atoms with Crippen LogP contribution in [0.3, 0.4) is 0 Å². The van der Waals surface area contributed by atoms with E-state index in [4.69, 9.17) is 0 Å². The first-order valence-corrected chi connectivity index (χ1v) is 6.79. The zero-order valence-corrected chi connectivity index (χ0v) is 10.8. The van der Waals surface area contributed by atoms with E-state index in [0.717, 1.165) is 22.6 Å². The highest BCUT2D eigenvalue weighted by atomic mass is 32.2. The molecule has 92 valence electrons. The Morgan fingerprint density at radius 3 is 3.00 bits per heavy atom. The zero-order chi connectivity index (χ0) is 12.4. The quantitative estimate of drug-likeness (QED) is 0.877. The molecule has 1 aromatic carbocycles. The molecule has 1 unspecified atom stereocenters. The smallest absolute Gasteiger partial charge is 0.223 e. The second-order valence-corrected chi connectivity index (χ2v) is 5.67. The normalized spacial score (nSPS) is 18.9. The Morgan fingerprint density at radius 1 is 1.53 bits per heavy atom. The van der Waals surface area contributed by atoms with Crippen molar-refractivity contribution in [2.24, 2.45) is 5.92 Å². The summed E-state index contributed by atoms with van der Waals surface area (Å²) in [6.45, 7) is 3.72. The summed E-state index contributed by atoms with van der Waals surface area (Å²) in [6.07, 6.45) is 0.861. The molecule has 2 nitrogen and oxygen atoms in total. The molecule has 1 atom stereocenters. The number of fused-ring (bicyclic) bond motifs is 1. The van der Waals surface area contributed by atoms with Gasteiger partial charge in [0.2, 0.25) is 5.91 Å². The topological polar surface area (TPSA) is 29.1 Å². The fraction of sp³-hybridized carbons (Fsp3) is 0.462. The minimum Gasteiger partial charge on any atom is -0.349 e. The molecule has 0 spiro atoms. The van der Waals surface area contributed by atoms with Gasteiger partial charge < -0.3 is 5.32 Å². The number of carbonyl (C=O) groups excluding carboxylic acids is 1. The van der Waals surface area contributed by atoms with Gasteiger partial charge in [-0.05, 0) is 30.2 Å². The summed E-state index contributed by atoms with van der Waals surface area (Å²) >= 11 is 1.72. The Kier molecular flexibility index (Phi) is 3.72. The standard InChI is InChI=1S/C13H16FNOS/c1-8(2)13(16)15-11-5-6-17-12-4-3-9(14)7-10(11)12/h3-4,7-8,11H,5-6H2,1-2H3,(H,15,16). The van der Waals surface area contributed by atoms with Crippen LogP contribution in [0.4, 0.5) is 4.39 Å². The van der Waals surface area contributed by atoms with Crippen molar-refractivity contribution in [1.82, 2.24) is 5.32 Å². The molecule has 0 bridgehead atoms. The molecule has 1 aromatic rings. The lowest BCUT2D eigenvalue weighted by atomic mass is 10.0. The van der Waals surface area contributed by atoms with Crippen molar-refractivity contribution in [2.45, 2.75) is 31.2 Å². The molecule has 1 heterocycles. The molecule has 0 aliphatic carbocycles. The van der Waals surface area contributed by atoms with E-state index in [0.29, 0.717) is 0 Å². The Morgan fingerprint density at radius 2 is 2.29 bits per heavy atom. The Hall–Kier alpha value is -1.03. The van der Waals surface area contributed by atoms with Gasteiger partial charge in [0.05, 0.1) is 6.04 Å². The average molecular weight is 253 g/mol. The van der Waals surface area contributed by atoms with Gasteiger partial charge in [0.1, 0.15) is 5.82 Å². The second-order valence-electron chi connectivity index (χ2n) is 4.54. The van der Waals surface area contributed by atoms with Crippen molar-refractivity contribution >= 4 is 17.7 Å². The fourth-order valence-electron chi connectivity index (χ4n) is 1.85. The number of hydrogen-bond donors (Lipinski definition) is 1. The molecule has 0 saturated carbocycles. The number of rotatable bonds is 2. The van der Waals surface area contributed by atoms with Crippen molar-refractivity contribution < 1.29 is 9.18 Å². The summed E-state index contributed by atoms with van der Waals surface area (Å²) in [7, 11) is 0. The molecule has 1 aliphatic rings. The first kappa shape index (κ1) is 12.4. The first-order valence-electron chi connectivity index (χ1n) is 5.80. The van der Waals surface area contributed by atoms with Crippen molar-refractivity contribution in [1.29, 1.82) is 0 Å². The third-order valence-electron chi connectivity index (χ3n) is 2.85. The van der Waals surface area contributed by atoms with Crippen LogP contribution >= 0.6 is 11.8 Å². The van der Waals surface area contributed by atoms with Gasteiger partial charge in [0.25, 0.3) is 0 Å². The molecule has 1 aliphatic heterocycles. The van der Waals surface area contributed by atoms with Crippen LogP contribution in [0.15, 0.2) is 23.1 Å². The second kappa shape index (κ2) is 5.08. The number of nitrogens with one attached hydrogen (secondary N) is 1. The largest absolute Gasteiger partial charge is 0.349 e. The number of thioether (sulfide) groups is 1. The van der Waals surface area contributed by atoms with Crippen LogP contribution < -0.4 is 5.32 Å². The molecule has 0 saturated heterocycles. The Bertz CT molecular complexity index is 433. The minimum absolute atomic E-state index is 0.0251. The van der Waals surface area contributed by atoms with Crippen LogP contribution in [0.5, 0.6) is 0 Å². The monoisotopic (exact) mass is 253 g/mol. The number of benzene rings is 1. The number of amides is 1. The van der Waals surface area contributed by atoms with Crippen LogP contribution in [0.2, 0.25) is 0 Å². The fourth-order valence-corrected chi connectivity index (χ4v) is 2.96. The lowest BCUT2D eigenvalue weighted by molar-refractivity contribution is -0.124. The van der Waals surface area contributed by atoms with E-state index >= 15 is 0 Å². The van der Waals surface area contributed by atoms with Crippen LogP contribution in [0, 0.1) is 11.7 Å². The summed E-state index contributed by atoms with van der Waals surface area (Å²) in [4.78, 5) is 12.8. The summed E-state index contributed by atoms with van der Waals surface area (Å²) in [6, 6.07) is 4.76. The van der Waals surface area contributed by atoms with E-state index in [1.807, 2.05) is 13.8 Å². The molecular formula is C13H16FNOS.